The van der Waals surface area contributed by atoms with Crippen molar-refractivity contribution in [2.45, 2.75) is 13.5 Å². The van der Waals surface area contributed by atoms with Crippen LogP contribution in [-0.2, 0) is 11.3 Å². The fraction of sp³-hybridized carbons (Fsp3) is 0.125. The minimum atomic E-state index is 0.586. The lowest BCUT2D eigenvalue weighted by molar-refractivity contribution is 0.286. The van der Waals surface area contributed by atoms with Crippen LogP contribution in [0.5, 0.6) is 0 Å². The van der Waals surface area contributed by atoms with Gasteiger partial charge in [0.2, 0.25) is 0 Å². The molecule has 3 nitrogen and oxygen atoms in total. The highest BCUT2D eigenvalue weighted by Gasteiger charge is 2.20. The lowest BCUT2D eigenvalue weighted by atomic mass is 9.96. The van der Waals surface area contributed by atoms with Gasteiger partial charge in [0.05, 0.1) is 23.8 Å². The maximum absolute atomic E-state index is 5.49. The van der Waals surface area contributed by atoms with Crippen LogP contribution in [0.4, 0.5) is 0 Å². The van der Waals surface area contributed by atoms with Crippen LogP contribution in [0.1, 0.15) is 22.4 Å². The first kappa shape index (κ1) is 11.7. The standard InChI is InChI=1S/C16H14N2O/c1-4-12-7-17-8-16(18-12)13-5-6-14-11(3)19-9-15(14)10(13)2/h4-8H,1,3,9H2,2H3. The van der Waals surface area contributed by atoms with E-state index in [0.717, 1.165) is 28.3 Å². The Kier molecular flexibility index (Phi) is 2.67. The molecule has 1 aliphatic rings. The molecule has 1 aromatic carbocycles. The molecule has 3 rings (SSSR count). The van der Waals surface area contributed by atoms with E-state index in [1.54, 1.807) is 18.5 Å². The van der Waals surface area contributed by atoms with E-state index < -0.39 is 0 Å². The van der Waals surface area contributed by atoms with E-state index in [-0.39, 0.29) is 0 Å². The Labute approximate surface area is 112 Å². The second-order valence-electron chi connectivity index (χ2n) is 4.51. The molecule has 1 aliphatic heterocycles. The molecule has 94 valence electrons. The van der Waals surface area contributed by atoms with Crippen LogP contribution in [0.3, 0.4) is 0 Å². The Bertz CT molecular complexity index is 689. The molecule has 3 heteroatoms. The molecule has 0 bridgehead atoms. The van der Waals surface area contributed by atoms with Crippen molar-refractivity contribution >= 4 is 11.8 Å². The van der Waals surface area contributed by atoms with Crippen molar-refractivity contribution in [2.24, 2.45) is 0 Å². The highest BCUT2D eigenvalue weighted by molar-refractivity contribution is 5.73. The average Bonchev–Trinajstić information content (AvgIpc) is 2.82. The highest BCUT2D eigenvalue weighted by atomic mass is 16.5. The molecule has 0 fully saturated rings. The van der Waals surface area contributed by atoms with E-state index >= 15 is 0 Å². The molecule has 19 heavy (non-hydrogen) atoms. The minimum absolute atomic E-state index is 0.586. The van der Waals surface area contributed by atoms with Gasteiger partial charge in [-0.3, -0.25) is 4.98 Å². The van der Waals surface area contributed by atoms with E-state index in [0.29, 0.717) is 6.61 Å². The summed E-state index contributed by atoms with van der Waals surface area (Å²) in [5.41, 5.74) is 6.16. The smallest absolute Gasteiger partial charge is 0.120 e. The second kappa shape index (κ2) is 4.35. The third-order valence-electron chi connectivity index (χ3n) is 3.43. The summed E-state index contributed by atoms with van der Waals surface area (Å²) >= 11 is 0. The number of nitrogens with zero attached hydrogens (tertiary/aromatic N) is 2. The van der Waals surface area contributed by atoms with Crippen molar-refractivity contribution in [1.82, 2.24) is 9.97 Å². The molecular formula is C16H14N2O. The van der Waals surface area contributed by atoms with Crippen molar-refractivity contribution in [3.63, 3.8) is 0 Å². The number of ether oxygens (including phenoxy) is 1. The highest BCUT2D eigenvalue weighted by Crippen LogP contribution is 2.35. The Balaban J connectivity index is 2.16. The molecule has 2 heterocycles. The van der Waals surface area contributed by atoms with Gasteiger partial charge in [-0.15, -0.1) is 0 Å². The zero-order valence-electron chi connectivity index (χ0n) is 10.8. The van der Waals surface area contributed by atoms with E-state index in [2.05, 4.69) is 30.0 Å². The Hall–Kier alpha value is -2.42. The van der Waals surface area contributed by atoms with Crippen molar-refractivity contribution in [3.05, 3.63) is 60.1 Å². The van der Waals surface area contributed by atoms with E-state index in [4.69, 9.17) is 4.74 Å². The van der Waals surface area contributed by atoms with Gasteiger partial charge in [0.15, 0.2) is 0 Å². The second-order valence-corrected chi connectivity index (χ2v) is 4.51. The van der Waals surface area contributed by atoms with Crippen molar-refractivity contribution < 1.29 is 4.74 Å². The molecule has 0 spiro atoms. The van der Waals surface area contributed by atoms with E-state index in [9.17, 15) is 0 Å². The van der Waals surface area contributed by atoms with Gasteiger partial charge in [-0.25, -0.2) is 4.98 Å². The third kappa shape index (κ3) is 1.83. The molecule has 0 atom stereocenters. The monoisotopic (exact) mass is 250 g/mol. The maximum Gasteiger partial charge on any atom is 0.120 e. The maximum atomic E-state index is 5.49. The molecule has 1 aromatic heterocycles. The first-order valence-corrected chi connectivity index (χ1v) is 6.10. The number of hydrogen-bond acceptors (Lipinski definition) is 3. The van der Waals surface area contributed by atoms with Crippen molar-refractivity contribution in [3.8, 4) is 11.3 Å². The van der Waals surface area contributed by atoms with Crippen LogP contribution >= 0.6 is 0 Å². The first-order chi connectivity index (χ1) is 9.20. The number of rotatable bonds is 2. The molecule has 0 unspecified atom stereocenters. The zero-order valence-corrected chi connectivity index (χ0v) is 10.8. The SMILES string of the molecule is C=Cc1cncc(-c2ccc3c(c2C)COC3=C)n1. The summed E-state index contributed by atoms with van der Waals surface area (Å²) in [5, 5.41) is 0. The lowest BCUT2D eigenvalue weighted by Gasteiger charge is -2.09. The molecule has 0 aliphatic carbocycles. The molecule has 2 aromatic rings. The van der Waals surface area contributed by atoms with Crippen molar-refractivity contribution in [1.29, 1.82) is 0 Å². The molecule has 0 saturated carbocycles. The predicted molar refractivity (Wildman–Crippen MR) is 76.1 cm³/mol. The van der Waals surface area contributed by atoms with Crippen LogP contribution < -0.4 is 0 Å². The van der Waals surface area contributed by atoms with Gasteiger partial charge in [0.25, 0.3) is 0 Å². The predicted octanol–water partition coefficient (Wildman–Crippen LogP) is 3.60. The lowest BCUT2D eigenvalue weighted by Crippen LogP contribution is -1.95. The Morgan fingerprint density at radius 1 is 1.26 bits per heavy atom. The molecule has 0 radical (unpaired) electrons. The first-order valence-electron chi connectivity index (χ1n) is 6.10. The topological polar surface area (TPSA) is 35.0 Å². The van der Waals surface area contributed by atoms with E-state index in [1.807, 2.05) is 12.1 Å². The molecule has 0 saturated heterocycles. The summed E-state index contributed by atoms with van der Waals surface area (Å²) in [6.07, 6.45) is 5.17. The van der Waals surface area contributed by atoms with E-state index in [1.165, 1.54) is 11.1 Å². The van der Waals surface area contributed by atoms with Crippen LogP contribution in [0.25, 0.3) is 23.1 Å². The summed E-state index contributed by atoms with van der Waals surface area (Å²) in [5.74, 6) is 0.746. The third-order valence-corrected chi connectivity index (χ3v) is 3.43. The molecule has 0 amide bonds. The zero-order chi connectivity index (χ0) is 13.4. The number of benzene rings is 1. The van der Waals surface area contributed by atoms with Gasteiger partial charge >= 0.3 is 0 Å². The van der Waals surface area contributed by atoms with Crippen LogP contribution in [0.15, 0.2) is 37.7 Å². The normalized spacial score (nSPS) is 13.0. The summed E-state index contributed by atoms with van der Waals surface area (Å²) in [7, 11) is 0. The molecule has 0 N–H and O–H groups in total. The largest absolute Gasteiger partial charge is 0.489 e. The summed E-state index contributed by atoms with van der Waals surface area (Å²) < 4.78 is 5.49. The summed E-state index contributed by atoms with van der Waals surface area (Å²) in [4.78, 5) is 8.72. The van der Waals surface area contributed by atoms with Crippen LogP contribution in [0, 0.1) is 6.92 Å². The number of aromatic nitrogens is 2. The van der Waals surface area contributed by atoms with Gasteiger partial charge in [-0.1, -0.05) is 25.3 Å². The number of hydrogen-bond donors (Lipinski definition) is 0. The Morgan fingerprint density at radius 3 is 2.84 bits per heavy atom. The minimum Gasteiger partial charge on any atom is -0.489 e. The average molecular weight is 250 g/mol. The fourth-order valence-corrected chi connectivity index (χ4v) is 2.33. The quantitative estimate of drug-likeness (QED) is 0.817. The van der Waals surface area contributed by atoms with Crippen LogP contribution in [0.2, 0.25) is 0 Å². The van der Waals surface area contributed by atoms with Gasteiger partial charge < -0.3 is 4.74 Å². The fourth-order valence-electron chi connectivity index (χ4n) is 2.33. The Morgan fingerprint density at radius 2 is 2.05 bits per heavy atom. The van der Waals surface area contributed by atoms with Gasteiger partial charge in [0.1, 0.15) is 12.4 Å². The summed E-state index contributed by atoms with van der Waals surface area (Å²) in [6, 6.07) is 4.08. The van der Waals surface area contributed by atoms with Crippen molar-refractivity contribution in [2.75, 3.05) is 0 Å². The van der Waals surface area contributed by atoms with Gasteiger partial charge in [0, 0.05) is 16.7 Å². The molecular weight excluding hydrogens is 236 g/mol. The van der Waals surface area contributed by atoms with Gasteiger partial charge in [-0.05, 0) is 18.6 Å². The number of fused-ring (bicyclic) bond motifs is 1. The summed E-state index contributed by atoms with van der Waals surface area (Å²) in [6.45, 7) is 10.3. The van der Waals surface area contributed by atoms with Gasteiger partial charge in [-0.2, -0.15) is 0 Å². The van der Waals surface area contributed by atoms with Crippen LogP contribution in [-0.4, -0.2) is 9.97 Å².